The van der Waals surface area contributed by atoms with Gasteiger partial charge in [-0.1, -0.05) is 21.9 Å². The molecule has 0 fully saturated rings. The molecule has 0 spiro atoms. The van der Waals surface area contributed by atoms with Gasteiger partial charge in [-0.3, -0.25) is 14.8 Å². The van der Waals surface area contributed by atoms with E-state index in [2.05, 4.69) is 37.8 Å². The third-order valence-corrected chi connectivity index (χ3v) is 6.67. The lowest BCUT2D eigenvalue weighted by Gasteiger charge is -2.17. The van der Waals surface area contributed by atoms with Crippen molar-refractivity contribution < 1.29 is 28.0 Å². The molecule has 2 aromatic carbocycles. The zero-order chi connectivity index (χ0) is 25.0. The first-order chi connectivity index (χ1) is 16.3. The maximum absolute atomic E-state index is 12.7. The second-order valence-corrected chi connectivity index (χ2v) is 9.73. The highest BCUT2D eigenvalue weighted by Crippen LogP contribution is 2.17. The molecule has 34 heavy (non-hydrogen) atoms. The Balaban J connectivity index is 1.88. The van der Waals surface area contributed by atoms with Crippen LogP contribution in [0.15, 0.2) is 57.9 Å². The monoisotopic (exact) mass is 551 g/mol. The van der Waals surface area contributed by atoms with Gasteiger partial charge >= 0.3 is 0 Å². The summed E-state index contributed by atoms with van der Waals surface area (Å²) in [5, 5.41) is 11.8. The van der Waals surface area contributed by atoms with Crippen LogP contribution >= 0.6 is 15.9 Å². The van der Waals surface area contributed by atoms with Crippen LogP contribution in [0.25, 0.3) is 0 Å². The van der Waals surface area contributed by atoms with Crippen molar-refractivity contribution in [1.82, 2.24) is 15.5 Å². The zero-order valence-electron chi connectivity index (χ0n) is 18.5. The quantitative estimate of drug-likeness (QED) is 0.139. The van der Waals surface area contributed by atoms with E-state index in [0.717, 1.165) is 4.47 Å². The number of carbonyl (C=O) groups excluding carboxylic acids is 2. The summed E-state index contributed by atoms with van der Waals surface area (Å²) < 4.78 is 33.9. The molecule has 0 aliphatic carbocycles. The minimum Gasteiger partial charge on any atom is -0.481 e. The van der Waals surface area contributed by atoms with Crippen molar-refractivity contribution in [2.45, 2.75) is 37.1 Å². The summed E-state index contributed by atoms with van der Waals surface area (Å²) >= 11 is 3.31. The molecule has 0 radical (unpaired) electrons. The minimum atomic E-state index is -4.03. The van der Waals surface area contributed by atoms with Gasteiger partial charge < -0.3 is 10.1 Å². The number of benzene rings is 2. The fourth-order valence-electron chi connectivity index (χ4n) is 2.86. The Hall–Kier alpha value is -2.91. The highest BCUT2D eigenvalue weighted by molar-refractivity contribution is 9.10. The topological polar surface area (TPSA) is 134 Å². The van der Waals surface area contributed by atoms with Crippen molar-refractivity contribution in [2.24, 2.45) is 0 Å². The molecule has 0 saturated heterocycles. The van der Waals surface area contributed by atoms with Gasteiger partial charge in [0.05, 0.1) is 4.90 Å². The summed E-state index contributed by atoms with van der Waals surface area (Å²) in [6.07, 6.45) is 1.05. The van der Waals surface area contributed by atoms with E-state index in [0.29, 0.717) is 30.7 Å². The van der Waals surface area contributed by atoms with Crippen LogP contribution < -0.4 is 20.3 Å². The van der Waals surface area contributed by atoms with Crippen molar-refractivity contribution in [2.75, 3.05) is 13.2 Å². The standard InChI is InChI=1S/C23H26BrN3O6S/c1-2-3-16-33-19-11-13-20(14-12-19)34(31,32)27-21(23(29)26-30)6-4-5-15-25-22(28)17-7-9-18(24)10-8-17/h7-14,21,27,30H,4-6,15-16H2,1H3,(H,25,28)(H,26,29)/t21-/m1/s1. The number of hydrogen-bond acceptors (Lipinski definition) is 6. The van der Waals surface area contributed by atoms with Crippen LogP contribution in [0.4, 0.5) is 0 Å². The number of halogens is 1. The van der Waals surface area contributed by atoms with E-state index >= 15 is 0 Å². The first-order valence-corrected chi connectivity index (χ1v) is 12.7. The average molecular weight is 552 g/mol. The van der Waals surface area contributed by atoms with Gasteiger partial charge in [0.1, 0.15) is 18.4 Å². The van der Waals surface area contributed by atoms with Gasteiger partial charge in [-0.15, -0.1) is 5.92 Å². The Morgan fingerprint density at radius 3 is 2.38 bits per heavy atom. The summed E-state index contributed by atoms with van der Waals surface area (Å²) in [5.41, 5.74) is 2.01. The normalized spacial score (nSPS) is 11.6. The maximum atomic E-state index is 12.7. The highest BCUT2D eigenvalue weighted by Gasteiger charge is 2.25. The number of hydroxylamine groups is 1. The Kier molecular flexibility index (Phi) is 11.0. The van der Waals surface area contributed by atoms with Gasteiger partial charge in [-0.2, -0.15) is 4.72 Å². The summed E-state index contributed by atoms with van der Waals surface area (Å²) in [6, 6.07) is 11.4. The Labute approximate surface area is 207 Å². The third kappa shape index (κ3) is 8.79. The number of ether oxygens (including phenoxy) is 1. The Morgan fingerprint density at radius 1 is 1.09 bits per heavy atom. The number of carbonyl (C=O) groups is 2. The lowest BCUT2D eigenvalue weighted by Crippen LogP contribution is -2.45. The predicted molar refractivity (Wildman–Crippen MR) is 130 cm³/mol. The number of unbranched alkanes of at least 4 members (excludes halogenated alkanes) is 1. The Morgan fingerprint density at radius 2 is 1.76 bits per heavy atom. The molecule has 2 amide bonds. The molecular weight excluding hydrogens is 526 g/mol. The second-order valence-electron chi connectivity index (χ2n) is 7.10. The summed E-state index contributed by atoms with van der Waals surface area (Å²) in [6.45, 7) is 2.21. The SMILES string of the molecule is CC#CCOc1ccc(S(=O)(=O)N[C@H](CCCCNC(=O)c2ccc(Br)cc2)C(=O)NO)cc1. The van der Waals surface area contributed by atoms with Gasteiger partial charge in [0, 0.05) is 16.6 Å². The van der Waals surface area contributed by atoms with Gasteiger partial charge in [0.2, 0.25) is 10.0 Å². The number of nitrogens with one attached hydrogen (secondary N) is 3. The summed E-state index contributed by atoms with van der Waals surface area (Å²) in [5.74, 6) is 4.78. The first kappa shape index (κ1) is 27.3. The van der Waals surface area contributed by atoms with E-state index in [1.165, 1.54) is 29.7 Å². The van der Waals surface area contributed by atoms with Crippen LogP contribution in [0.5, 0.6) is 5.75 Å². The van der Waals surface area contributed by atoms with E-state index in [-0.39, 0.29) is 23.8 Å². The lowest BCUT2D eigenvalue weighted by atomic mass is 10.1. The molecule has 2 rings (SSSR count). The highest BCUT2D eigenvalue weighted by atomic mass is 79.9. The van der Waals surface area contributed by atoms with Crippen LogP contribution in [0.2, 0.25) is 0 Å². The third-order valence-electron chi connectivity index (χ3n) is 4.66. The number of sulfonamides is 1. The van der Waals surface area contributed by atoms with E-state index in [1.54, 1.807) is 31.2 Å². The fraction of sp³-hybridized carbons (Fsp3) is 0.304. The number of amides is 2. The van der Waals surface area contributed by atoms with Crippen LogP contribution in [0, 0.1) is 11.8 Å². The van der Waals surface area contributed by atoms with Crippen molar-refractivity contribution in [3.8, 4) is 17.6 Å². The average Bonchev–Trinajstić information content (AvgIpc) is 2.83. The molecule has 0 aliphatic heterocycles. The second kappa shape index (κ2) is 13.7. The van der Waals surface area contributed by atoms with Crippen molar-refractivity contribution >= 4 is 37.8 Å². The smallest absolute Gasteiger partial charge is 0.261 e. The largest absolute Gasteiger partial charge is 0.481 e. The molecule has 2 aromatic rings. The van der Waals surface area contributed by atoms with Crippen LogP contribution in [0.1, 0.15) is 36.5 Å². The van der Waals surface area contributed by atoms with Crippen LogP contribution in [-0.4, -0.2) is 44.6 Å². The van der Waals surface area contributed by atoms with Crippen LogP contribution in [0.3, 0.4) is 0 Å². The van der Waals surface area contributed by atoms with Gasteiger partial charge in [0.25, 0.3) is 11.8 Å². The molecule has 0 unspecified atom stereocenters. The van der Waals surface area contributed by atoms with Gasteiger partial charge in [-0.05, 0) is 74.7 Å². The molecule has 0 aliphatic rings. The molecule has 0 saturated carbocycles. The molecule has 11 heteroatoms. The maximum Gasteiger partial charge on any atom is 0.261 e. The number of rotatable bonds is 12. The number of hydrogen-bond donors (Lipinski definition) is 4. The van der Waals surface area contributed by atoms with E-state index in [9.17, 15) is 18.0 Å². The van der Waals surface area contributed by atoms with Crippen molar-refractivity contribution in [1.29, 1.82) is 0 Å². The lowest BCUT2D eigenvalue weighted by molar-refractivity contribution is -0.131. The van der Waals surface area contributed by atoms with E-state index < -0.39 is 22.0 Å². The van der Waals surface area contributed by atoms with Crippen molar-refractivity contribution in [3.05, 3.63) is 58.6 Å². The molecule has 0 bridgehead atoms. The molecular formula is C23H26BrN3O6S. The summed E-state index contributed by atoms with van der Waals surface area (Å²) in [4.78, 5) is 24.1. The molecule has 182 valence electrons. The molecule has 4 N–H and O–H groups in total. The van der Waals surface area contributed by atoms with Gasteiger partial charge in [-0.25, -0.2) is 13.9 Å². The molecule has 0 heterocycles. The Bertz CT molecular complexity index is 1130. The van der Waals surface area contributed by atoms with E-state index in [1.807, 2.05) is 0 Å². The molecule has 1 atom stereocenters. The molecule has 0 aromatic heterocycles. The van der Waals surface area contributed by atoms with E-state index in [4.69, 9.17) is 9.94 Å². The predicted octanol–water partition coefficient (Wildman–Crippen LogP) is 2.60. The zero-order valence-corrected chi connectivity index (χ0v) is 20.9. The fourth-order valence-corrected chi connectivity index (χ4v) is 4.36. The van der Waals surface area contributed by atoms with Crippen LogP contribution in [-0.2, 0) is 14.8 Å². The summed E-state index contributed by atoms with van der Waals surface area (Å²) in [7, 11) is -4.03. The van der Waals surface area contributed by atoms with Crippen molar-refractivity contribution in [3.63, 3.8) is 0 Å². The first-order valence-electron chi connectivity index (χ1n) is 10.4. The minimum absolute atomic E-state index is 0.0565. The van der Waals surface area contributed by atoms with Gasteiger partial charge in [0.15, 0.2) is 0 Å². The molecule has 9 nitrogen and oxygen atoms in total.